The first-order valence-corrected chi connectivity index (χ1v) is 8.90. The lowest BCUT2D eigenvalue weighted by molar-refractivity contribution is -0.171. The SMILES string of the molecule is CCOC(=O)C(CC=C=C(C)C)(C/C=C/c1ccccc1)C(=O)OCC. The Balaban J connectivity index is 3.20. The Labute approximate surface area is 156 Å². The van der Waals surface area contributed by atoms with Gasteiger partial charge in [-0.3, -0.25) is 9.59 Å². The molecule has 0 N–H and O–H groups in total. The zero-order valence-corrected chi connectivity index (χ0v) is 16.1. The molecule has 26 heavy (non-hydrogen) atoms. The van der Waals surface area contributed by atoms with Gasteiger partial charge in [-0.15, -0.1) is 5.73 Å². The molecule has 0 saturated carbocycles. The smallest absolute Gasteiger partial charge is 0.324 e. The molecule has 140 valence electrons. The molecule has 0 heterocycles. The minimum Gasteiger partial charge on any atom is -0.465 e. The highest BCUT2D eigenvalue weighted by Gasteiger charge is 2.47. The number of benzene rings is 1. The third kappa shape index (κ3) is 6.38. The van der Waals surface area contributed by atoms with Gasteiger partial charge in [0.05, 0.1) is 13.2 Å². The zero-order chi connectivity index (χ0) is 19.4. The quantitative estimate of drug-likeness (QED) is 0.365. The molecule has 1 aromatic carbocycles. The minimum atomic E-state index is -1.40. The number of carbonyl (C=O) groups is 2. The van der Waals surface area contributed by atoms with Crippen molar-refractivity contribution < 1.29 is 19.1 Å². The van der Waals surface area contributed by atoms with E-state index < -0.39 is 17.4 Å². The van der Waals surface area contributed by atoms with E-state index in [-0.39, 0.29) is 26.1 Å². The van der Waals surface area contributed by atoms with E-state index >= 15 is 0 Å². The van der Waals surface area contributed by atoms with Gasteiger partial charge < -0.3 is 9.47 Å². The second kappa shape index (κ2) is 11.1. The summed E-state index contributed by atoms with van der Waals surface area (Å²) in [4.78, 5) is 25.4. The number of ether oxygens (including phenoxy) is 2. The third-order valence-electron chi connectivity index (χ3n) is 3.75. The van der Waals surface area contributed by atoms with Gasteiger partial charge in [0.25, 0.3) is 0 Å². The Kier molecular flexibility index (Phi) is 9.18. The van der Waals surface area contributed by atoms with E-state index in [1.807, 2.05) is 56.3 Å². The number of rotatable bonds is 9. The Morgan fingerprint density at radius 2 is 1.58 bits per heavy atom. The van der Waals surface area contributed by atoms with E-state index in [2.05, 4.69) is 5.73 Å². The molecule has 0 fully saturated rings. The summed E-state index contributed by atoms with van der Waals surface area (Å²) in [5.41, 5.74) is 3.61. The van der Waals surface area contributed by atoms with Gasteiger partial charge in [0.15, 0.2) is 5.41 Å². The predicted molar refractivity (Wildman–Crippen MR) is 103 cm³/mol. The first kappa shape index (κ1) is 21.5. The maximum atomic E-state index is 12.7. The number of hydrogen-bond acceptors (Lipinski definition) is 4. The normalized spacial score (nSPS) is 10.9. The van der Waals surface area contributed by atoms with Gasteiger partial charge in [-0.1, -0.05) is 42.5 Å². The fourth-order valence-corrected chi connectivity index (χ4v) is 2.43. The van der Waals surface area contributed by atoms with Gasteiger partial charge in [-0.25, -0.2) is 0 Å². The van der Waals surface area contributed by atoms with E-state index in [0.29, 0.717) is 0 Å². The highest BCUT2D eigenvalue weighted by molar-refractivity contribution is 6.00. The Morgan fingerprint density at radius 3 is 2.08 bits per heavy atom. The van der Waals surface area contributed by atoms with Gasteiger partial charge in [0.2, 0.25) is 0 Å². The molecule has 0 aliphatic heterocycles. The molecular formula is C22H28O4. The molecule has 0 unspecified atom stereocenters. The highest BCUT2D eigenvalue weighted by atomic mass is 16.6. The van der Waals surface area contributed by atoms with Crippen LogP contribution in [0.25, 0.3) is 6.08 Å². The second-order valence-corrected chi connectivity index (χ2v) is 6.09. The average Bonchev–Trinajstić information content (AvgIpc) is 2.61. The van der Waals surface area contributed by atoms with Crippen LogP contribution in [0.15, 0.2) is 53.8 Å². The summed E-state index contributed by atoms with van der Waals surface area (Å²) in [5.74, 6) is -1.13. The Hall–Kier alpha value is -2.58. The molecule has 0 aliphatic carbocycles. The van der Waals surface area contributed by atoms with Gasteiger partial charge in [-0.05, 0) is 57.7 Å². The van der Waals surface area contributed by atoms with Crippen molar-refractivity contribution in [1.29, 1.82) is 0 Å². The highest BCUT2D eigenvalue weighted by Crippen LogP contribution is 2.32. The largest absolute Gasteiger partial charge is 0.465 e. The molecule has 1 rings (SSSR count). The van der Waals surface area contributed by atoms with Crippen molar-refractivity contribution in [2.24, 2.45) is 5.41 Å². The van der Waals surface area contributed by atoms with Crippen LogP contribution in [0.5, 0.6) is 0 Å². The molecule has 0 spiro atoms. The molecule has 1 aromatic rings. The van der Waals surface area contributed by atoms with E-state index in [1.54, 1.807) is 19.9 Å². The topological polar surface area (TPSA) is 52.6 Å². The van der Waals surface area contributed by atoms with Crippen LogP contribution in [-0.2, 0) is 19.1 Å². The fraction of sp³-hybridized carbons (Fsp3) is 0.409. The number of carbonyl (C=O) groups excluding carboxylic acids is 2. The van der Waals surface area contributed by atoms with Crippen LogP contribution in [-0.4, -0.2) is 25.2 Å². The molecule has 0 atom stereocenters. The van der Waals surface area contributed by atoms with Crippen LogP contribution in [0, 0.1) is 5.41 Å². The predicted octanol–water partition coefficient (Wildman–Crippen LogP) is 4.71. The molecule has 0 amide bonds. The molecule has 4 nitrogen and oxygen atoms in total. The molecule has 0 aromatic heterocycles. The van der Waals surface area contributed by atoms with Gasteiger partial charge in [0.1, 0.15) is 0 Å². The summed E-state index contributed by atoms with van der Waals surface area (Å²) in [7, 11) is 0. The summed E-state index contributed by atoms with van der Waals surface area (Å²) in [6.07, 6.45) is 5.78. The maximum absolute atomic E-state index is 12.7. The lowest BCUT2D eigenvalue weighted by atomic mass is 9.80. The average molecular weight is 356 g/mol. The summed E-state index contributed by atoms with van der Waals surface area (Å²) in [6, 6.07) is 9.71. The second-order valence-electron chi connectivity index (χ2n) is 6.09. The van der Waals surface area contributed by atoms with Crippen molar-refractivity contribution >= 4 is 18.0 Å². The summed E-state index contributed by atoms with van der Waals surface area (Å²) in [5, 5.41) is 0. The monoisotopic (exact) mass is 356 g/mol. The lowest BCUT2D eigenvalue weighted by Gasteiger charge is -2.26. The third-order valence-corrected chi connectivity index (χ3v) is 3.75. The Morgan fingerprint density at radius 1 is 1.00 bits per heavy atom. The molecule has 0 aliphatic rings. The van der Waals surface area contributed by atoms with Gasteiger partial charge in [0, 0.05) is 0 Å². The zero-order valence-electron chi connectivity index (χ0n) is 16.1. The summed E-state index contributed by atoms with van der Waals surface area (Å²) < 4.78 is 10.4. The molecule has 4 heteroatoms. The van der Waals surface area contributed by atoms with E-state index in [1.165, 1.54) is 0 Å². The van der Waals surface area contributed by atoms with Crippen molar-refractivity contribution in [3.63, 3.8) is 0 Å². The van der Waals surface area contributed by atoms with E-state index in [9.17, 15) is 9.59 Å². The maximum Gasteiger partial charge on any atom is 0.324 e. The number of allylic oxidation sites excluding steroid dienone is 2. The number of esters is 2. The van der Waals surface area contributed by atoms with Crippen LogP contribution in [0.1, 0.15) is 46.1 Å². The van der Waals surface area contributed by atoms with Crippen molar-refractivity contribution in [2.75, 3.05) is 13.2 Å². The molecular weight excluding hydrogens is 328 g/mol. The first-order chi connectivity index (χ1) is 12.5. The minimum absolute atomic E-state index is 0.176. The summed E-state index contributed by atoms with van der Waals surface area (Å²) in [6.45, 7) is 7.66. The van der Waals surface area contributed by atoms with Crippen molar-refractivity contribution in [1.82, 2.24) is 0 Å². The van der Waals surface area contributed by atoms with Crippen LogP contribution < -0.4 is 0 Å². The van der Waals surface area contributed by atoms with Gasteiger partial charge in [-0.2, -0.15) is 0 Å². The first-order valence-electron chi connectivity index (χ1n) is 8.90. The molecule has 0 saturated heterocycles. The van der Waals surface area contributed by atoms with Crippen LogP contribution in [0.2, 0.25) is 0 Å². The van der Waals surface area contributed by atoms with E-state index in [4.69, 9.17) is 9.47 Å². The Bertz CT molecular complexity index is 657. The molecule has 0 radical (unpaired) electrons. The van der Waals surface area contributed by atoms with Crippen molar-refractivity contribution in [3.05, 3.63) is 59.4 Å². The van der Waals surface area contributed by atoms with Crippen molar-refractivity contribution in [3.8, 4) is 0 Å². The number of hydrogen-bond donors (Lipinski definition) is 0. The van der Waals surface area contributed by atoms with Crippen LogP contribution in [0.3, 0.4) is 0 Å². The molecule has 0 bridgehead atoms. The summed E-state index contributed by atoms with van der Waals surface area (Å²) >= 11 is 0. The fourth-order valence-electron chi connectivity index (χ4n) is 2.43. The van der Waals surface area contributed by atoms with E-state index in [0.717, 1.165) is 11.1 Å². The van der Waals surface area contributed by atoms with Crippen LogP contribution >= 0.6 is 0 Å². The van der Waals surface area contributed by atoms with Crippen molar-refractivity contribution in [2.45, 2.75) is 40.5 Å². The lowest BCUT2D eigenvalue weighted by Crippen LogP contribution is -2.41. The standard InChI is InChI=1S/C22H28O4/c1-5-25-20(23)22(21(24)26-6-2,16-10-12-18(3)4)17-11-15-19-13-8-7-9-14-19/h7-11,13-15H,5-6,16-17H2,1-4H3/b15-11+. The van der Waals surface area contributed by atoms with Crippen LogP contribution in [0.4, 0.5) is 0 Å². The van der Waals surface area contributed by atoms with Gasteiger partial charge >= 0.3 is 11.9 Å².